The fraction of sp³-hybridized carbons (Fsp3) is 0.462. The summed E-state index contributed by atoms with van der Waals surface area (Å²) in [7, 11) is 3.07. The summed E-state index contributed by atoms with van der Waals surface area (Å²) in [6.07, 6.45) is 0.528. The van der Waals surface area contributed by atoms with Crippen molar-refractivity contribution in [1.29, 1.82) is 0 Å². The molecule has 7 heteroatoms. The minimum absolute atomic E-state index is 0.136. The molecule has 0 aliphatic carbocycles. The predicted octanol–water partition coefficient (Wildman–Crippen LogP) is 0.911. The molecule has 0 fully saturated rings. The van der Waals surface area contributed by atoms with Crippen molar-refractivity contribution in [2.24, 2.45) is 11.7 Å². The van der Waals surface area contributed by atoms with Gasteiger partial charge in [0.15, 0.2) is 0 Å². The van der Waals surface area contributed by atoms with Gasteiger partial charge in [-0.2, -0.15) is 0 Å². The molecule has 0 aliphatic heterocycles. The number of hydrazine groups is 2. The lowest BCUT2D eigenvalue weighted by Crippen LogP contribution is -2.26. The smallest absolute Gasteiger partial charge is 0.223 e. The van der Waals surface area contributed by atoms with Crippen molar-refractivity contribution in [2.45, 2.75) is 27.4 Å². The van der Waals surface area contributed by atoms with Crippen LogP contribution in [0.3, 0.4) is 0 Å². The maximum Gasteiger partial charge on any atom is 0.223 e. The third-order valence-corrected chi connectivity index (χ3v) is 2.12. The number of aliphatic hydroxyl groups excluding tert-OH is 1. The lowest BCUT2D eigenvalue weighted by Gasteiger charge is -2.17. The zero-order valence-electron chi connectivity index (χ0n) is 12.7. The van der Waals surface area contributed by atoms with Gasteiger partial charge >= 0.3 is 0 Å². The number of carbonyl (C=O) groups excluding carboxylic acids is 1. The van der Waals surface area contributed by atoms with Crippen molar-refractivity contribution in [3.63, 3.8) is 0 Å². The van der Waals surface area contributed by atoms with Gasteiger partial charge in [0.05, 0.1) is 12.3 Å². The Hall–Kier alpha value is -1.70. The molecular weight excluding hydrogens is 263 g/mol. The normalized spacial score (nSPS) is 8.65. The Morgan fingerprint density at radius 1 is 1.30 bits per heavy atom. The van der Waals surface area contributed by atoms with E-state index in [4.69, 9.17) is 16.8 Å². The molecule has 1 amide bonds. The molecule has 0 saturated heterocycles. The summed E-state index contributed by atoms with van der Waals surface area (Å²) in [6.45, 7) is 5.60. The van der Waals surface area contributed by atoms with Gasteiger partial charge in [0.2, 0.25) is 6.41 Å². The average molecular weight is 288 g/mol. The van der Waals surface area contributed by atoms with Gasteiger partial charge in [-0.1, -0.05) is 13.8 Å². The molecule has 0 saturated carbocycles. The third kappa shape index (κ3) is 7.67. The maximum absolute atomic E-state index is 12.9. The fourth-order valence-electron chi connectivity index (χ4n) is 1.28. The van der Waals surface area contributed by atoms with Crippen molar-refractivity contribution in [2.75, 3.05) is 19.1 Å². The standard InChI is InChI=1S/C9H13FN2O.C2H6N2O.C2H6/c1-6-3-7(10)4-9(12(2)11)8(6)5-13;1-4(3)2-5;1-2/h3-4,13H,5,11H2,1-2H3;2H,3H2,1H3;1-2H3. The van der Waals surface area contributed by atoms with Gasteiger partial charge in [-0.3, -0.25) is 9.80 Å². The van der Waals surface area contributed by atoms with E-state index < -0.39 is 0 Å². The molecule has 116 valence electrons. The Balaban J connectivity index is 0. The summed E-state index contributed by atoms with van der Waals surface area (Å²) in [4.78, 5) is 9.31. The van der Waals surface area contributed by atoms with Crippen LogP contribution in [0.2, 0.25) is 0 Å². The summed E-state index contributed by atoms with van der Waals surface area (Å²) in [5.41, 5.74) is 1.88. The molecule has 0 spiro atoms. The summed E-state index contributed by atoms with van der Waals surface area (Å²) in [6, 6.07) is 2.68. The zero-order chi connectivity index (χ0) is 16.3. The first-order valence-corrected chi connectivity index (χ1v) is 6.14. The Morgan fingerprint density at radius 3 is 2.05 bits per heavy atom. The lowest BCUT2D eigenvalue weighted by molar-refractivity contribution is -0.117. The van der Waals surface area contributed by atoms with Crippen LogP contribution in [-0.4, -0.2) is 30.6 Å². The molecule has 1 aromatic carbocycles. The molecule has 6 nitrogen and oxygen atoms in total. The number of aryl methyl sites for hydroxylation is 1. The maximum atomic E-state index is 12.9. The van der Waals surface area contributed by atoms with Crippen molar-refractivity contribution >= 4 is 12.1 Å². The number of nitrogens with two attached hydrogens (primary N) is 2. The molecule has 20 heavy (non-hydrogen) atoms. The van der Waals surface area contributed by atoms with Gasteiger partial charge in [-0.05, 0) is 24.6 Å². The van der Waals surface area contributed by atoms with E-state index in [1.807, 2.05) is 13.8 Å². The molecule has 1 rings (SSSR count). The Morgan fingerprint density at radius 2 is 1.75 bits per heavy atom. The minimum Gasteiger partial charge on any atom is -0.392 e. The van der Waals surface area contributed by atoms with E-state index in [-0.39, 0.29) is 12.4 Å². The van der Waals surface area contributed by atoms with E-state index in [1.165, 1.54) is 24.2 Å². The summed E-state index contributed by atoms with van der Waals surface area (Å²) >= 11 is 0. The number of anilines is 1. The van der Waals surface area contributed by atoms with Crippen LogP contribution in [0.4, 0.5) is 10.1 Å². The Bertz CT molecular complexity index is 398. The quantitative estimate of drug-likeness (QED) is 0.332. The number of benzene rings is 1. The predicted molar refractivity (Wildman–Crippen MR) is 79.0 cm³/mol. The van der Waals surface area contributed by atoms with Gasteiger partial charge < -0.3 is 10.1 Å². The lowest BCUT2D eigenvalue weighted by atomic mass is 10.1. The number of halogens is 1. The molecular formula is C13H25FN4O2. The third-order valence-electron chi connectivity index (χ3n) is 2.12. The van der Waals surface area contributed by atoms with Crippen molar-refractivity contribution in [3.8, 4) is 0 Å². The largest absolute Gasteiger partial charge is 0.392 e. The molecule has 0 bridgehead atoms. The average Bonchev–Trinajstić information content (AvgIpc) is 2.40. The summed E-state index contributed by atoms with van der Waals surface area (Å²) in [5, 5.41) is 11.3. The molecule has 0 unspecified atom stereocenters. The number of hydrogen-bond acceptors (Lipinski definition) is 5. The van der Waals surface area contributed by atoms with Crippen LogP contribution >= 0.6 is 0 Å². The molecule has 0 aliphatic rings. The summed E-state index contributed by atoms with van der Waals surface area (Å²) < 4.78 is 12.9. The first-order chi connectivity index (χ1) is 9.33. The van der Waals surface area contributed by atoms with Crippen LogP contribution in [0.5, 0.6) is 0 Å². The van der Waals surface area contributed by atoms with Gasteiger partial charge in [0.25, 0.3) is 0 Å². The van der Waals surface area contributed by atoms with Crippen molar-refractivity contribution < 1.29 is 14.3 Å². The second-order valence-corrected chi connectivity index (χ2v) is 3.76. The fourth-order valence-corrected chi connectivity index (χ4v) is 1.28. The van der Waals surface area contributed by atoms with Crippen molar-refractivity contribution in [1.82, 2.24) is 5.01 Å². The molecule has 0 radical (unpaired) electrons. The molecule has 5 N–H and O–H groups in total. The first-order valence-electron chi connectivity index (χ1n) is 6.14. The number of nitrogens with zero attached hydrogens (tertiary/aromatic N) is 2. The molecule has 0 atom stereocenters. The topological polar surface area (TPSA) is 95.8 Å². The van der Waals surface area contributed by atoms with E-state index >= 15 is 0 Å². The van der Waals surface area contributed by atoms with E-state index in [2.05, 4.69) is 0 Å². The van der Waals surface area contributed by atoms with Crippen LogP contribution in [0, 0.1) is 12.7 Å². The van der Waals surface area contributed by atoms with Gasteiger partial charge in [-0.25, -0.2) is 16.1 Å². The summed E-state index contributed by atoms with van der Waals surface area (Å²) in [5.74, 6) is 9.90. The molecule has 0 heterocycles. The van der Waals surface area contributed by atoms with Crippen LogP contribution in [0.1, 0.15) is 25.0 Å². The van der Waals surface area contributed by atoms with E-state index in [0.717, 1.165) is 5.01 Å². The number of carbonyl (C=O) groups is 1. The Labute approximate surface area is 119 Å². The number of hydrogen-bond donors (Lipinski definition) is 3. The second kappa shape index (κ2) is 11.2. The Kier molecular flexibility index (Phi) is 11.5. The zero-order valence-corrected chi connectivity index (χ0v) is 12.7. The highest BCUT2D eigenvalue weighted by molar-refractivity contribution is 5.55. The highest BCUT2D eigenvalue weighted by Crippen LogP contribution is 2.22. The SMILES string of the molecule is CC.CN(N)C=O.Cc1cc(F)cc(N(C)N)c1CO. The second-order valence-electron chi connectivity index (χ2n) is 3.76. The monoisotopic (exact) mass is 288 g/mol. The van der Waals surface area contributed by atoms with Crippen LogP contribution in [-0.2, 0) is 11.4 Å². The van der Waals surface area contributed by atoms with Gasteiger partial charge in [-0.15, -0.1) is 0 Å². The minimum atomic E-state index is -0.345. The molecule has 0 aromatic heterocycles. The van der Waals surface area contributed by atoms with Crippen LogP contribution < -0.4 is 16.7 Å². The van der Waals surface area contributed by atoms with Crippen LogP contribution in [0.25, 0.3) is 0 Å². The van der Waals surface area contributed by atoms with Gasteiger partial charge in [0.1, 0.15) is 5.82 Å². The van der Waals surface area contributed by atoms with E-state index in [1.54, 1.807) is 14.0 Å². The highest BCUT2D eigenvalue weighted by Gasteiger charge is 2.09. The van der Waals surface area contributed by atoms with E-state index in [9.17, 15) is 9.18 Å². The molecule has 1 aromatic rings. The highest BCUT2D eigenvalue weighted by atomic mass is 19.1. The van der Waals surface area contributed by atoms with E-state index in [0.29, 0.717) is 23.2 Å². The number of rotatable bonds is 3. The number of amides is 1. The van der Waals surface area contributed by atoms with Gasteiger partial charge in [0, 0.05) is 19.7 Å². The van der Waals surface area contributed by atoms with Crippen molar-refractivity contribution in [3.05, 3.63) is 29.1 Å². The first kappa shape index (κ1) is 20.6. The number of aliphatic hydroxyl groups is 1. The van der Waals surface area contributed by atoms with Crippen LogP contribution in [0.15, 0.2) is 12.1 Å².